The first-order chi connectivity index (χ1) is 15.6. The van der Waals surface area contributed by atoms with E-state index >= 15 is 0 Å². The molecule has 1 aliphatic heterocycles. The Morgan fingerprint density at radius 1 is 1.16 bits per heavy atom. The van der Waals surface area contributed by atoms with Gasteiger partial charge in [-0.05, 0) is 56.7 Å². The van der Waals surface area contributed by atoms with Crippen LogP contribution in [-0.4, -0.2) is 56.3 Å². The lowest BCUT2D eigenvalue weighted by Gasteiger charge is -2.24. The van der Waals surface area contributed by atoms with Crippen LogP contribution in [0.2, 0.25) is 0 Å². The van der Waals surface area contributed by atoms with Gasteiger partial charge in [-0.15, -0.1) is 0 Å². The van der Waals surface area contributed by atoms with Gasteiger partial charge in [0.15, 0.2) is 0 Å². The summed E-state index contributed by atoms with van der Waals surface area (Å²) in [7, 11) is 0. The van der Waals surface area contributed by atoms with Crippen LogP contribution in [-0.2, 0) is 11.2 Å². The second-order valence-corrected chi connectivity index (χ2v) is 8.46. The molecule has 3 aromatic heterocycles. The van der Waals surface area contributed by atoms with Gasteiger partial charge in [0.25, 0.3) is 5.91 Å². The molecule has 1 aliphatic rings. The minimum Gasteiger partial charge on any atom is -0.379 e. The molecule has 1 fully saturated rings. The Morgan fingerprint density at radius 2 is 2.06 bits per heavy atom. The van der Waals surface area contributed by atoms with Gasteiger partial charge in [-0.1, -0.05) is 6.07 Å². The van der Waals surface area contributed by atoms with Crippen molar-refractivity contribution in [3.63, 3.8) is 0 Å². The third kappa shape index (κ3) is 4.03. The average molecular weight is 430 g/mol. The van der Waals surface area contributed by atoms with Crippen molar-refractivity contribution >= 4 is 11.4 Å². The van der Waals surface area contributed by atoms with Crippen LogP contribution in [0, 0.1) is 19.8 Å². The van der Waals surface area contributed by atoms with Gasteiger partial charge in [-0.3, -0.25) is 9.78 Å². The summed E-state index contributed by atoms with van der Waals surface area (Å²) in [5.41, 5.74) is 5.70. The number of aryl methyl sites for hydroxylation is 2. The zero-order valence-electron chi connectivity index (χ0n) is 18.4. The predicted octanol–water partition coefficient (Wildman–Crippen LogP) is 3.47. The standard InChI is InChI=1S/C25H27N5O2/c1-18-13-19(2)30(27-18)22-6-3-5-21(15-22)25(31)29-11-12-32-17-20(16-29)14-23-24-7-4-9-28(24)10-8-26-23/h3-10,13,15,20H,11-12,14,16-17H2,1-2H3/t20-/m0/s1. The van der Waals surface area contributed by atoms with E-state index in [1.54, 1.807) is 0 Å². The molecule has 1 amide bonds. The van der Waals surface area contributed by atoms with Crippen molar-refractivity contribution in [2.75, 3.05) is 26.3 Å². The normalized spacial score (nSPS) is 16.9. The van der Waals surface area contributed by atoms with E-state index < -0.39 is 0 Å². The second kappa shape index (κ2) is 8.59. The highest BCUT2D eigenvalue weighted by Gasteiger charge is 2.25. The highest BCUT2D eigenvalue weighted by molar-refractivity contribution is 5.94. The molecule has 0 bridgehead atoms. The maximum atomic E-state index is 13.4. The van der Waals surface area contributed by atoms with Gasteiger partial charge in [-0.25, -0.2) is 4.68 Å². The monoisotopic (exact) mass is 429 g/mol. The first-order valence-electron chi connectivity index (χ1n) is 11.0. The number of fused-ring (bicyclic) bond motifs is 1. The third-order valence-corrected chi connectivity index (χ3v) is 5.99. The van der Waals surface area contributed by atoms with Crippen molar-refractivity contribution < 1.29 is 9.53 Å². The number of amides is 1. The van der Waals surface area contributed by atoms with E-state index in [9.17, 15) is 4.79 Å². The fraction of sp³-hybridized carbons (Fsp3) is 0.320. The van der Waals surface area contributed by atoms with Gasteiger partial charge in [0, 0.05) is 48.9 Å². The smallest absolute Gasteiger partial charge is 0.254 e. The molecular formula is C25H27N5O2. The molecule has 4 aromatic rings. The Kier molecular flexibility index (Phi) is 5.49. The topological polar surface area (TPSA) is 64.7 Å². The number of aromatic nitrogens is 4. The van der Waals surface area contributed by atoms with Crippen molar-refractivity contribution in [2.24, 2.45) is 5.92 Å². The van der Waals surface area contributed by atoms with E-state index in [2.05, 4.69) is 20.5 Å². The summed E-state index contributed by atoms with van der Waals surface area (Å²) in [6.45, 7) is 6.39. The number of carbonyl (C=O) groups excluding carboxylic acids is 1. The molecule has 1 aromatic carbocycles. The minimum absolute atomic E-state index is 0.0257. The number of carbonyl (C=O) groups is 1. The lowest BCUT2D eigenvalue weighted by molar-refractivity contribution is 0.0737. The van der Waals surface area contributed by atoms with Gasteiger partial charge in [0.05, 0.1) is 35.8 Å². The molecule has 1 atom stereocenters. The minimum atomic E-state index is 0.0257. The Bertz CT molecular complexity index is 1260. The van der Waals surface area contributed by atoms with Crippen LogP contribution in [0.3, 0.4) is 0 Å². The molecule has 1 saturated heterocycles. The van der Waals surface area contributed by atoms with E-state index in [-0.39, 0.29) is 11.8 Å². The summed E-state index contributed by atoms with van der Waals surface area (Å²) in [4.78, 5) is 19.9. The van der Waals surface area contributed by atoms with Crippen LogP contribution in [0.15, 0.2) is 61.1 Å². The molecule has 32 heavy (non-hydrogen) atoms. The Morgan fingerprint density at radius 3 is 2.91 bits per heavy atom. The molecule has 4 heterocycles. The average Bonchev–Trinajstić information content (AvgIpc) is 3.34. The zero-order chi connectivity index (χ0) is 22.1. The van der Waals surface area contributed by atoms with Crippen molar-refractivity contribution in [1.82, 2.24) is 24.1 Å². The van der Waals surface area contributed by atoms with Crippen molar-refractivity contribution in [3.05, 3.63) is 83.7 Å². The van der Waals surface area contributed by atoms with Crippen LogP contribution in [0.25, 0.3) is 11.2 Å². The fourth-order valence-corrected chi connectivity index (χ4v) is 4.49. The van der Waals surface area contributed by atoms with E-state index in [1.165, 1.54) is 0 Å². The lowest BCUT2D eigenvalue weighted by Crippen LogP contribution is -2.36. The molecule has 0 radical (unpaired) electrons. The molecule has 0 saturated carbocycles. The maximum absolute atomic E-state index is 13.4. The van der Waals surface area contributed by atoms with E-state index in [1.807, 2.05) is 78.4 Å². The molecule has 0 N–H and O–H groups in total. The first kappa shape index (κ1) is 20.5. The predicted molar refractivity (Wildman–Crippen MR) is 122 cm³/mol. The van der Waals surface area contributed by atoms with Gasteiger partial charge in [0.2, 0.25) is 0 Å². The second-order valence-electron chi connectivity index (χ2n) is 8.46. The number of hydrogen-bond acceptors (Lipinski definition) is 4. The third-order valence-electron chi connectivity index (χ3n) is 5.99. The van der Waals surface area contributed by atoms with Crippen LogP contribution in [0.1, 0.15) is 27.4 Å². The maximum Gasteiger partial charge on any atom is 0.254 e. The van der Waals surface area contributed by atoms with Crippen molar-refractivity contribution in [1.29, 1.82) is 0 Å². The zero-order valence-corrected chi connectivity index (χ0v) is 18.4. The van der Waals surface area contributed by atoms with Crippen LogP contribution >= 0.6 is 0 Å². The quantitative estimate of drug-likeness (QED) is 0.498. The Hall–Kier alpha value is -3.45. The van der Waals surface area contributed by atoms with Gasteiger partial charge in [0.1, 0.15) is 0 Å². The summed E-state index contributed by atoms with van der Waals surface area (Å²) in [6.07, 6.45) is 6.57. The van der Waals surface area contributed by atoms with Crippen LogP contribution < -0.4 is 0 Å². The highest BCUT2D eigenvalue weighted by Crippen LogP contribution is 2.20. The molecule has 7 nitrogen and oxygen atoms in total. The Balaban J connectivity index is 1.36. The SMILES string of the molecule is Cc1cc(C)n(-c2cccc(C(=O)N3CCOC[C@@H](Cc4nccn5cccc45)C3)c2)n1. The van der Waals surface area contributed by atoms with Crippen molar-refractivity contribution in [2.45, 2.75) is 20.3 Å². The summed E-state index contributed by atoms with van der Waals surface area (Å²) in [5.74, 6) is 0.215. The molecular weight excluding hydrogens is 402 g/mol. The van der Waals surface area contributed by atoms with Crippen LogP contribution in [0.5, 0.6) is 0 Å². The van der Waals surface area contributed by atoms with Gasteiger partial charge < -0.3 is 14.0 Å². The molecule has 7 heteroatoms. The Labute approximate surface area is 187 Å². The molecule has 0 spiro atoms. The lowest BCUT2D eigenvalue weighted by atomic mass is 10.0. The molecule has 5 rings (SSSR count). The van der Waals surface area contributed by atoms with E-state index in [0.717, 1.165) is 34.7 Å². The molecule has 0 unspecified atom stereocenters. The molecule has 164 valence electrons. The number of nitrogens with zero attached hydrogens (tertiary/aromatic N) is 5. The number of rotatable bonds is 4. The first-order valence-corrected chi connectivity index (χ1v) is 11.0. The highest BCUT2D eigenvalue weighted by atomic mass is 16.5. The van der Waals surface area contributed by atoms with E-state index in [4.69, 9.17) is 4.74 Å². The van der Waals surface area contributed by atoms with Crippen molar-refractivity contribution in [3.8, 4) is 5.69 Å². The van der Waals surface area contributed by atoms with Gasteiger partial charge >= 0.3 is 0 Å². The molecule has 0 aliphatic carbocycles. The largest absolute Gasteiger partial charge is 0.379 e. The van der Waals surface area contributed by atoms with Gasteiger partial charge in [-0.2, -0.15) is 5.10 Å². The number of ether oxygens (including phenoxy) is 1. The summed E-state index contributed by atoms with van der Waals surface area (Å²) < 4.78 is 9.81. The fourth-order valence-electron chi connectivity index (χ4n) is 4.49. The summed E-state index contributed by atoms with van der Waals surface area (Å²) >= 11 is 0. The van der Waals surface area contributed by atoms with Crippen LogP contribution in [0.4, 0.5) is 0 Å². The van der Waals surface area contributed by atoms with E-state index in [0.29, 0.717) is 31.9 Å². The summed E-state index contributed by atoms with van der Waals surface area (Å²) in [5, 5.41) is 4.55. The number of hydrogen-bond donors (Lipinski definition) is 0. The number of benzene rings is 1. The summed E-state index contributed by atoms with van der Waals surface area (Å²) in [6, 6.07) is 13.8.